The highest BCUT2D eigenvalue weighted by atomic mass is 32.2. The minimum Gasteiger partial charge on any atom is -0.282 e. The maximum Gasteiger partial charge on any atom is 0.294 e. The molecule has 0 aliphatic rings. The van der Waals surface area contributed by atoms with Crippen molar-refractivity contribution >= 4 is 27.5 Å². The molecule has 12 heavy (non-hydrogen) atoms. The summed E-state index contributed by atoms with van der Waals surface area (Å²) in [5.74, 6) is 0. The lowest BCUT2D eigenvalue weighted by atomic mass is 10.2. The molecule has 0 saturated carbocycles. The predicted octanol–water partition coefficient (Wildman–Crippen LogP) is 0.861. The smallest absolute Gasteiger partial charge is 0.282 e. The van der Waals surface area contributed by atoms with E-state index in [1.165, 1.54) is 12.1 Å². The minimum absolute atomic E-state index is 0. The fraction of sp³-hybridized carbons (Fsp3) is 0.143. The van der Waals surface area contributed by atoms with E-state index in [1.807, 2.05) is 6.92 Å². The Morgan fingerprint density at radius 1 is 1.17 bits per heavy atom. The molecule has 1 rings (SSSR count). The van der Waals surface area contributed by atoms with E-state index in [4.69, 9.17) is 4.55 Å². The first-order chi connectivity index (χ1) is 5.00. The van der Waals surface area contributed by atoms with Crippen LogP contribution in [0.15, 0.2) is 29.2 Å². The van der Waals surface area contributed by atoms with Gasteiger partial charge in [0.25, 0.3) is 10.1 Å². The van der Waals surface area contributed by atoms with Gasteiger partial charge in [-0.15, -0.1) is 0 Å². The lowest BCUT2D eigenvalue weighted by Gasteiger charge is -1.95. The van der Waals surface area contributed by atoms with Crippen molar-refractivity contribution in [2.45, 2.75) is 11.8 Å². The van der Waals surface area contributed by atoms with Gasteiger partial charge in [0.05, 0.1) is 4.90 Å². The van der Waals surface area contributed by atoms with Crippen molar-refractivity contribution in [2.75, 3.05) is 0 Å². The molecule has 0 amide bonds. The summed E-state index contributed by atoms with van der Waals surface area (Å²) in [7, 11) is -4.02. The molecule has 0 unspecified atom stereocenters. The lowest BCUT2D eigenvalue weighted by Crippen LogP contribution is -1.96. The summed E-state index contributed by atoms with van der Waals surface area (Å²) >= 11 is 0. The van der Waals surface area contributed by atoms with Crippen LogP contribution in [0.1, 0.15) is 5.56 Å². The third-order valence-electron chi connectivity index (χ3n) is 1.32. The van der Waals surface area contributed by atoms with Gasteiger partial charge in [-0.3, -0.25) is 4.55 Å². The Hall–Kier alpha value is -0.338. The second kappa shape index (κ2) is 4.06. The molecule has 0 aliphatic heterocycles. The summed E-state index contributed by atoms with van der Waals surface area (Å²) in [5.41, 5.74) is 0.956. The molecule has 0 heterocycles. The molecule has 0 atom stereocenters. The van der Waals surface area contributed by atoms with Crippen LogP contribution in [0.3, 0.4) is 0 Å². The molecule has 3 radical (unpaired) electrons. The fourth-order valence-electron chi connectivity index (χ4n) is 0.710. The topological polar surface area (TPSA) is 54.4 Å². The zero-order valence-electron chi connectivity index (χ0n) is 6.56. The van der Waals surface area contributed by atoms with Gasteiger partial charge >= 0.3 is 0 Å². The molecule has 63 valence electrons. The average Bonchev–Trinajstić information content (AvgIpc) is 1.86. The van der Waals surface area contributed by atoms with Crippen LogP contribution in [0.25, 0.3) is 0 Å². The highest BCUT2D eigenvalue weighted by Gasteiger charge is 2.06. The van der Waals surface area contributed by atoms with Crippen molar-refractivity contribution in [2.24, 2.45) is 0 Å². The van der Waals surface area contributed by atoms with Gasteiger partial charge in [-0.25, -0.2) is 0 Å². The summed E-state index contributed by atoms with van der Waals surface area (Å²) in [6.45, 7) is 1.84. The van der Waals surface area contributed by atoms with Crippen molar-refractivity contribution in [3.8, 4) is 0 Å². The Labute approximate surface area is 82.3 Å². The van der Waals surface area contributed by atoms with E-state index >= 15 is 0 Å². The maximum absolute atomic E-state index is 10.5. The van der Waals surface area contributed by atoms with Crippen LogP contribution in [-0.4, -0.2) is 30.3 Å². The fourth-order valence-corrected chi connectivity index (χ4v) is 1.19. The molecule has 3 nitrogen and oxygen atoms in total. The molecule has 0 fully saturated rings. The van der Waals surface area contributed by atoms with E-state index in [0.717, 1.165) is 5.56 Å². The molecule has 5 heteroatoms. The summed E-state index contributed by atoms with van der Waals surface area (Å²) in [5, 5.41) is 0. The Kier molecular flexibility index (Phi) is 3.94. The number of aryl methyl sites for hydroxylation is 1. The van der Waals surface area contributed by atoms with Gasteiger partial charge in [0, 0.05) is 17.4 Å². The van der Waals surface area contributed by atoms with E-state index < -0.39 is 10.1 Å². The van der Waals surface area contributed by atoms with Gasteiger partial charge < -0.3 is 0 Å². The van der Waals surface area contributed by atoms with Crippen molar-refractivity contribution in [1.82, 2.24) is 0 Å². The Morgan fingerprint density at radius 2 is 1.58 bits per heavy atom. The monoisotopic (exact) mass is 199 g/mol. The summed E-state index contributed by atoms with van der Waals surface area (Å²) in [4.78, 5) is -0.0666. The second-order valence-electron chi connectivity index (χ2n) is 2.29. The van der Waals surface area contributed by atoms with Crippen LogP contribution in [-0.2, 0) is 10.1 Å². The largest absolute Gasteiger partial charge is 0.294 e. The van der Waals surface area contributed by atoms with Gasteiger partial charge in [0.15, 0.2) is 0 Å². The lowest BCUT2D eigenvalue weighted by molar-refractivity contribution is 0.483. The van der Waals surface area contributed by atoms with Gasteiger partial charge in [-0.05, 0) is 19.1 Å². The van der Waals surface area contributed by atoms with Gasteiger partial charge in [0.2, 0.25) is 0 Å². The van der Waals surface area contributed by atoms with Crippen LogP contribution in [0.2, 0.25) is 0 Å². The van der Waals surface area contributed by atoms with E-state index in [-0.39, 0.29) is 22.3 Å². The zero-order valence-corrected chi connectivity index (χ0v) is 8.53. The van der Waals surface area contributed by atoms with Gasteiger partial charge in [-0.2, -0.15) is 8.42 Å². The zero-order chi connectivity index (χ0) is 8.48. The van der Waals surface area contributed by atoms with E-state index in [1.54, 1.807) is 12.1 Å². The van der Waals surface area contributed by atoms with E-state index in [2.05, 4.69) is 0 Å². The minimum atomic E-state index is -4.02. The molecule has 1 aromatic rings. The number of rotatable bonds is 1. The maximum atomic E-state index is 10.5. The summed E-state index contributed by atoms with van der Waals surface area (Å²) in [6.07, 6.45) is 0. The van der Waals surface area contributed by atoms with Crippen molar-refractivity contribution in [3.63, 3.8) is 0 Å². The van der Waals surface area contributed by atoms with E-state index in [0.29, 0.717) is 0 Å². The molecule has 0 bridgehead atoms. The Morgan fingerprint density at radius 3 is 1.92 bits per heavy atom. The first-order valence-corrected chi connectivity index (χ1v) is 4.48. The summed E-state index contributed by atoms with van der Waals surface area (Å²) < 4.78 is 29.6. The third kappa shape index (κ3) is 2.96. The van der Waals surface area contributed by atoms with Crippen LogP contribution < -0.4 is 0 Å². The van der Waals surface area contributed by atoms with Crippen molar-refractivity contribution in [3.05, 3.63) is 29.8 Å². The SMILES string of the molecule is Cc1ccc(S(=O)(=O)O)cc1.[Al]. The predicted molar refractivity (Wildman–Crippen MR) is 46.7 cm³/mol. The standard InChI is InChI=1S/C7H8O3S.Al/c1-6-2-4-7(5-3-6)11(8,9)10;/h2-5H,1H3,(H,8,9,10);. The normalized spacial score (nSPS) is 10.5. The number of hydrogen-bond donors (Lipinski definition) is 1. The number of benzene rings is 1. The summed E-state index contributed by atoms with van der Waals surface area (Å²) in [6, 6.07) is 5.99. The van der Waals surface area contributed by atoms with E-state index in [9.17, 15) is 8.42 Å². The van der Waals surface area contributed by atoms with Crippen molar-refractivity contribution < 1.29 is 13.0 Å². The molecule has 1 aromatic carbocycles. The molecular formula is C7H8AlO3S. The number of hydrogen-bond acceptors (Lipinski definition) is 2. The Bertz CT molecular complexity index is 341. The van der Waals surface area contributed by atoms with Crippen LogP contribution in [0.4, 0.5) is 0 Å². The Balaban J connectivity index is 0.00000121. The highest BCUT2D eigenvalue weighted by molar-refractivity contribution is 7.85. The quantitative estimate of drug-likeness (QED) is 0.539. The van der Waals surface area contributed by atoms with Crippen LogP contribution >= 0.6 is 0 Å². The molecule has 0 spiro atoms. The highest BCUT2D eigenvalue weighted by Crippen LogP contribution is 2.08. The van der Waals surface area contributed by atoms with Gasteiger partial charge in [-0.1, -0.05) is 17.7 Å². The molecular weight excluding hydrogens is 191 g/mol. The molecule has 0 aromatic heterocycles. The van der Waals surface area contributed by atoms with Gasteiger partial charge in [0.1, 0.15) is 0 Å². The first-order valence-electron chi connectivity index (χ1n) is 3.04. The molecule has 1 N–H and O–H groups in total. The van der Waals surface area contributed by atoms with Crippen LogP contribution in [0, 0.1) is 6.92 Å². The molecule has 0 aliphatic carbocycles. The second-order valence-corrected chi connectivity index (χ2v) is 3.71. The third-order valence-corrected chi connectivity index (χ3v) is 2.19. The molecule has 0 saturated heterocycles. The van der Waals surface area contributed by atoms with Crippen molar-refractivity contribution in [1.29, 1.82) is 0 Å². The van der Waals surface area contributed by atoms with Crippen LogP contribution in [0.5, 0.6) is 0 Å². The first kappa shape index (κ1) is 11.7. The average molecular weight is 199 g/mol.